The number of rotatable bonds is 15. The Morgan fingerprint density at radius 2 is 1.61 bits per heavy atom. The van der Waals surface area contributed by atoms with Gasteiger partial charge in [-0.15, -0.1) is 0 Å². The third kappa shape index (κ3) is 7.18. The molecule has 3 aromatic carbocycles. The van der Waals surface area contributed by atoms with Crippen molar-refractivity contribution >= 4 is 40.0 Å². The van der Waals surface area contributed by atoms with Gasteiger partial charge in [-0.05, 0) is 86.3 Å². The summed E-state index contributed by atoms with van der Waals surface area (Å²) in [5.74, 6) is 0.0723. The van der Waals surface area contributed by atoms with Gasteiger partial charge in [0.25, 0.3) is 0 Å². The van der Waals surface area contributed by atoms with E-state index in [0.717, 1.165) is 19.3 Å². The van der Waals surface area contributed by atoms with Crippen molar-refractivity contribution in [1.82, 2.24) is 10.5 Å². The van der Waals surface area contributed by atoms with Crippen LogP contribution in [0.1, 0.15) is 44.9 Å². The van der Waals surface area contributed by atoms with E-state index in [-0.39, 0.29) is 6.42 Å². The molecule has 12 heteroatoms. The highest BCUT2D eigenvalue weighted by atomic mass is 19.1. The number of nitrogens with one attached hydrogen (secondary N) is 1. The number of anilines is 2. The minimum Gasteiger partial charge on any atom is -0.493 e. The normalized spacial score (nSPS) is 13.1. The Hall–Kier alpha value is -5.23. The van der Waals surface area contributed by atoms with Gasteiger partial charge < -0.3 is 19.9 Å². The summed E-state index contributed by atoms with van der Waals surface area (Å²) in [6.07, 6.45) is 5.79. The molecule has 0 radical (unpaired) electrons. The Kier molecular flexibility index (Phi) is 9.97. The number of ether oxygens (including phenoxy) is 3. The van der Waals surface area contributed by atoms with Crippen molar-refractivity contribution in [3.05, 3.63) is 78.7 Å². The maximum Gasteiger partial charge on any atom is 0.247 e. The first-order valence-corrected chi connectivity index (χ1v) is 15.0. The number of nitrogens with zero attached hydrogens (tertiary/aromatic N) is 2. The summed E-state index contributed by atoms with van der Waals surface area (Å²) >= 11 is 0. The van der Waals surface area contributed by atoms with Crippen LogP contribution in [-0.2, 0) is 14.4 Å². The van der Waals surface area contributed by atoms with Crippen LogP contribution in [0, 0.1) is 11.2 Å². The molecule has 240 valence electrons. The van der Waals surface area contributed by atoms with Crippen molar-refractivity contribution in [3.8, 4) is 23.0 Å². The molecule has 1 saturated carbocycles. The second-order valence-electron chi connectivity index (χ2n) is 11.0. The second kappa shape index (κ2) is 14.2. The number of carbonyl (C=O) groups is 3. The number of nitrogens with two attached hydrogens (primary N) is 1. The second-order valence-corrected chi connectivity index (χ2v) is 11.0. The summed E-state index contributed by atoms with van der Waals surface area (Å²) in [6.45, 7) is 0.453. The minimum absolute atomic E-state index is 0.280. The summed E-state index contributed by atoms with van der Waals surface area (Å²) in [5, 5.41) is 9.26. The van der Waals surface area contributed by atoms with Crippen LogP contribution in [0.15, 0.2) is 72.9 Å². The molecule has 1 heterocycles. The molecule has 4 N–H and O–H groups in total. The Labute approximate surface area is 265 Å². The fourth-order valence-corrected chi connectivity index (χ4v) is 5.14. The highest BCUT2D eigenvalue weighted by Crippen LogP contribution is 2.49. The molecule has 5 rings (SSSR count). The van der Waals surface area contributed by atoms with E-state index >= 15 is 0 Å². The third-order valence-electron chi connectivity index (χ3n) is 7.91. The fourth-order valence-electron chi connectivity index (χ4n) is 5.14. The summed E-state index contributed by atoms with van der Waals surface area (Å²) < 4.78 is 31.5. The van der Waals surface area contributed by atoms with Crippen molar-refractivity contribution in [2.24, 2.45) is 11.1 Å². The van der Waals surface area contributed by atoms with Gasteiger partial charge in [0, 0.05) is 35.4 Å². The summed E-state index contributed by atoms with van der Waals surface area (Å²) in [6, 6.07) is 17.5. The lowest BCUT2D eigenvalue weighted by Gasteiger charge is -2.26. The molecule has 3 amide bonds. The van der Waals surface area contributed by atoms with Crippen molar-refractivity contribution < 1.29 is 38.2 Å². The van der Waals surface area contributed by atoms with Gasteiger partial charge in [-0.25, -0.2) is 9.87 Å². The standard InChI is InChI=1S/C34H35FN4O7/c1-44-29-20-26-27(21-30(29)45-19-5-3-2-4-6-31(40)38-43)37-18-15-28(26)46-25-13-11-24(12-14-25)39(23-9-7-22(35)8-10-23)33(42)34(16-17-34)32(36)41/h7-15,18,20-21,43H,2-6,16-17,19H2,1H3,(H2,36,41)(H,38,40). The van der Waals surface area contributed by atoms with Crippen molar-refractivity contribution in [2.75, 3.05) is 18.6 Å². The van der Waals surface area contributed by atoms with Crippen LogP contribution < -0.4 is 30.3 Å². The van der Waals surface area contributed by atoms with Crippen LogP contribution in [0.5, 0.6) is 23.0 Å². The summed E-state index contributed by atoms with van der Waals surface area (Å²) in [5.41, 5.74) is 7.45. The maximum atomic E-state index is 13.7. The topological polar surface area (TPSA) is 153 Å². The Morgan fingerprint density at radius 3 is 2.24 bits per heavy atom. The van der Waals surface area contributed by atoms with Crippen LogP contribution in [-0.4, -0.2) is 41.6 Å². The molecule has 11 nitrogen and oxygen atoms in total. The summed E-state index contributed by atoms with van der Waals surface area (Å²) in [7, 11) is 1.55. The van der Waals surface area contributed by atoms with Gasteiger partial charge in [0.1, 0.15) is 22.7 Å². The SMILES string of the molecule is COc1cc2c(Oc3ccc(N(C(=O)C4(C(N)=O)CC4)c4ccc(F)cc4)cc3)ccnc2cc1OCCCCCCC(=O)NO. The number of carbonyl (C=O) groups excluding carboxylic acids is 3. The van der Waals surface area contributed by atoms with Crippen LogP contribution in [0.3, 0.4) is 0 Å². The number of hydrogen-bond donors (Lipinski definition) is 3. The number of hydrogen-bond acceptors (Lipinski definition) is 8. The minimum atomic E-state index is -1.28. The number of methoxy groups -OCH3 is 1. The Morgan fingerprint density at radius 1 is 0.935 bits per heavy atom. The van der Waals surface area contributed by atoms with E-state index in [1.165, 1.54) is 29.2 Å². The Bertz CT molecular complexity index is 1710. The van der Waals surface area contributed by atoms with E-state index in [9.17, 15) is 18.8 Å². The predicted octanol–water partition coefficient (Wildman–Crippen LogP) is 5.94. The fraction of sp³-hybridized carbons (Fsp3) is 0.294. The number of pyridine rings is 1. The van der Waals surface area contributed by atoms with Crippen molar-refractivity contribution in [3.63, 3.8) is 0 Å². The van der Waals surface area contributed by atoms with Gasteiger partial charge in [0.2, 0.25) is 17.7 Å². The average molecular weight is 631 g/mol. The monoisotopic (exact) mass is 630 g/mol. The van der Waals surface area contributed by atoms with Crippen LogP contribution >= 0.6 is 0 Å². The highest BCUT2D eigenvalue weighted by Gasteiger charge is 2.57. The number of aromatic nitrogens is 1. The number of halogens is 1. The van der Waals surface area contributed by atoms with Crippen molar-refractivity contribution in [1.29, 1.82) is 0 Å². The predicted molar refractivity (Wildman–Crippen MR) is 168 cm³/mol. The molecule has 1 aromatic heterocycles. The van der Waals surface area contributed by atoms with Gasteiger partial charge in [0.15, 0.2) is 11.5 Å². The zero-order valence-electron chi connectivity index (χ0n) is 25.3. The number of hydroxylamine groups is 1. The number of amides is 3. The molecule has 0 atom stereocenters. The van der Waals surface area contributed by atoms with Gasteiger partial charge in [-0.1, -0.05) is 12.8 Å². The maximum absolute atomic E-state index is 13.7. The highest BCUT2D eigenvalue weighted by molar-refractivity contribution is 6.16. The summed E-state index contributed by atoms with van der Waals surface area (Å²) in [4.78, 5) is 42.7. The smallest absolute Gasteiger partial charge is 0.247 e. The van der Waals surface area contributed by atoms with E-state index in [1.54, 1.807) is 61.3 Å². The quantitative estimate of drug-likeness (QED) is 0.0631. The first kappa shape index (κ1) is 32.2. The van der Waals surface area contributed by atoms with Crippen molar-refractivity contribution in [2.45, 2.75) is 44.9 Å². The number of unbranched alkanes of at least 4 members (excludes halogenated alkanes) is 3. The van der Waals surface area contributed by atoms with E-state index in [2.05, 4.69) is 4.98 Å². The molecule has 0 saturated heterocycles. The largest absolute Gasteiger partial charge is 0.493 e. The van der Waals surface area contributed by atoms with E-state index in [0.29, 0.717) is 71.1 Å². The van der Waals surface area contributed by atoms with E-state index < -0.39 is 29.0 Å². The first-order chi connectivity index (χ1) is 22.3. The lowest BCUT2D eigenvalue weighted by Crippen LogP contribution is -2.41. The number of fused-ring (bicyclic) bond motifs is 1. The molecular formula is C34H35FN4O7. The Balaban J connectivity index is 1.30. The zero-order valence-corrected chi connectivity index (χ0v) is 25.3. The van der Waals surface area contributed by atoms with Crippen LogP contribution in [0.4, 0.5) is 15.8 Å². The van der Waals surface area contributed by atoms with E-state index in [4.69, 9.17) is 25.2 Å². The third-order valence-corrected chi connectivity index (χ3v) is 7.91. The molecule has 0 spiro atoms. The van der Waals surface area contributed by atoms with Gasteiger partial charge in [-0.3, -0.25) is 29.5 Å². The average Bonchev–Trinajstić information content (AvgIpc) is 3.88. The lowest BCUT2D eigenvalue weighted by atomic mass is 10.0. The van der Waals surface area contributed by atoms with Gasteiger partial charge in [0.05, 0.1) is 19.2 Å². The number of primary amides is 1. The zero-order chi connectivity index (χ0) is 32.7. The molecule has 0 bridgehead atoms. The molecular weight excluding hydrogens is 595 g/mol. The van der Waals surface area contributed by atoms with Crippen LogP contribution in [0.2, 0.25) is 0 Å². The molecule has 1 aliphatic rings. The molecule has 46 heavy (non-hydrogen) atoms. The van der Waals surface area contributed by atoms with Gasteiger partial charge in [-0.2, -0.15) is 0 Å². The van der Waals surface area contributed by atoms with Gasteiger partial charge >= 0.3 is 0 Å². The molecule has 0 aliphatic heterocycles. The molecule has 4 aromatic rings. The molecule has 0 unspecified atom stereocenters. The first-order valence-electron chi connectivity index (χ1n) is 15.0. The van der Waals surface area contributed by atoms with Crippen LogP contribution in [0.25, 0.3) is 10.9 Å². The van der Waals surface area contributed by atoms with E-state index in [1.807, 2.05) is 0 Å². The molecule has 1 aliphatic carbocycles. The molecule has 1 fully saturated rings. The lowest BCUT2D eigenvalue weighted by molar-refractivity contribution is -0.133. The number of benzene rings is 3.